The normalized spacial score (nSPS) is 11.8. The molecule has 0 fully saturated rings. The summed E-state index contributed by atoms with van der Waals surface area (Å²) in [6.45, 7) is 1.67. The first-order chi connectivity index (χ1) is 10.4. The molecule has 8 heteroatoms. The molecule has 116 valence electrons. The number of hydrogen-bond donors (Lipinski definition) is 3. The van der Waals surface area contributed by atoms with Crippen LogP contribution in [0.15, 0.2) is 30.3 Å². The van der Waals surface area contributed by atoms with Crippen LogP contribution in [-0.4, -0.2) is 11.9 Å². The average Bonchev–Trinajstić information content (AvgIpc) is 2.93. The first-order valence-corrected chi connectivity index (χ1v) is 7.11. The second-order valence-corrected chi connectivity index (χ2v) is 5.60. The lowest BCUT2D eigenvalue weighted by atomic mass is 10.2. The molecule has 0 aliphatic rings. The van der Waals surface area contributed by atoms with Gasteiger partial charge in [0.2, 0.25) is 0 Å². The van der Waals surface area contributed by atoms with Gasteiger partial charge < -0.3 is 16.4 Å². The molecule has 1 atom stereocenters. The number of rotatable bonds is 4. The number of carbonyl (C=O) groups excluding carboxylic acids is 2. The van der Waals surface area contributed by atoms with Gasteiger partial charge in [-0.15, -0.1) is 11.3 Å². The van der Waals surface area contributed by atoms with E-state index in [0.717, 1.165) is 23.5 Å². The Balaban J connectivity index is 2.03. The SMILES string of the molecule is CC(NC(=O)Nc1c(F)cccc1F)c1ccc(C(N)=O)s1. The van der Waals surface area contributed by atoms with Crippen LogP contribution in [0.25, 0.3) is 0 Å². The molecule has 1 unspecified atom stereocenters. The minimum atomic E-state index is -0.866. The Morgan fingerprint density at radius 1 is 1.18 bits per heavy atom. The molecule has 0 saturated carbocycles. The van der Waals surface area contributed by atoms with E-state index in [-0.39, 0.29) is 0 Å². The zero-order valence-corrected chi connectivity index (χ0v) is 12.3. The summed E-state index contributed by atoms with van der Waals surface area (Å²) in [4.78, 5) is 23.9. The molecular formula is C14H13F2N3O2S. The van der Waals surface area contributed by atoms with Crippen molar-refractivity contribution in [2.45, 2.75) is 13.0 Å². The third-order valence-electron chi connectivity index (χ3n) is 2.85. The Bertz CT molecular complexity index is 698. The highest BCUT2D eigenvalue weighted by molar-refractivity contribution is 7.14. The van der Waals surface area contributed by atoms with Crippen LogP contribution in [-0.2, 0) is 0 Å². The summed E-state index contributed by atoms with van der Waals surface area (Å²) in [6.07, 6.45) is 0. The molecule has 1 aromatic heterocycles. The van der Waals surface area contributed by atoms with E-state index in [0.29, 0.717) is 9.75 Å². The van der Waals surface area contributed by atoms with Crippen molar-refractivity contribution >= 4 is 29.0 Å². The number of benzene rings is 1. The Labute approximate surface area is 129 Å². The number of halogens is 2. The molecule has 1 heterocycles. The van der Waals surface area contributed by atoms with E-state index in [9.17, 15) is 18.4 Å². The predicted octanol–water partition coefficient (Wildman–Crippen LogP) is 3.01. The third-order valence-corrected chi connectivity index (χ3v) is 4.13. The Morgan fingerprint density at radius 3 is 2.36 bits per heavy atom. The summed E-state index contributed by atoms with van der Waals surface area (Å²) < 4.78 is 26.9. The van der Waals surface area contributed by atoms with Crippen molar-refractivity contribution in [3.63, 3.8) is 0 Å². The van der Waals surface area contributed by atoms with E-state index in [1.54, 1.807) is 19.1 Å². The van der Waals surface area contributed by atoms with Crippen LogP contribution >= 0.6 is 11.3 Å². The topological polar surface area (TPSA) is 84.2 Å². The summed E-state index contributed by atoms with van der Waals surface area (Å²) in [5, 5.41) is 4.65. The van der Waals surface area contributed by atoms with Gasteiger partial charge >= 0.3 is 6.03 Å². The number of amides is 3. The molecule has 1 aromatic carbocycles. The highest BCUT2D eigenvalue weighted by Crippen LogP contribution is 2.23. The number of primary amides is 1. The molecule has 2 aromatic rings. The van der Waals surface area contributed by atoms with Crippen LogP contribution in [0, 0.1) is 11.6 Å². The first kappa shape index (κ1) is 15.9. The molecule has 0 spiro atoms. The van der Waals surface area contributed by atoms with Gasteiger partial charge in [-0.2, -0.15) is 0 Å². The number of thiophene rings is 1. The number of nitrogens with one attached hydrogen (secondary N) is 2. The van der Waals surface area contributed by atoms with Gasteiger partial charge in [-0.3, -0.25) is 4.79 Å². The fraction of sp³-hybridized carbons (Fsp3) is 0.143. The summed E-state index contributed by atoms with van der Waals surface area (Å²) in [7, 11) is 0. The maximum absolute atomic E-state index is 13.4. The lowest BCUT2D eigenvalue weighted by Gasteiger charge is -2.14. The summed E-state index contributed by atoms with van der Waals surface area (Å²) in [5.74, 6) is -2.29. The summed E-state index contributed by atoms with van der Waals surface area (Å²) in [5.41, 5.74) is 4.64. The number of hydrogen-bond acceptors (Lipinski definition) is 3. The van der Waals surface area contributed by atoms with E-state index in [1.165, 1.54) is 6.07 Å². The van der Waals surface area contributed by atoms with E-state index in [4.69, 9.17) is 5.73 Å². The van der Waals surface area contributed by atoms with Crippen LogP contribution in [0.4, 0.5) is 19.3 Å². The molecule has 4 N–H and O–H groups in total. The van der Waals surface area contributed by atoms with Gasteiger partial charge in [-0.1, -0.05) is 6.07 Å². The van der Waals surface area contributed by atoms with E-state index in [1.807, 2.05) is 0 Å². The largest absolute Gasteiger partial charge is 0.365 e. The van der Waals surface area contributed by atoms with Gasteiger partial charge in [0.05, 0.1) is 10.9 Å². The highest BCUT2D eigenvalue weighted by Gasteiger charge is 2.16. The Morgan fingerprint density at radius 2 is 1.82 bits per heavy atom. The molecule has 0 aliphatic carbocycles. The van der Waals surface area contributed by atoms with Gasteiger partial charge in [-0.05, 0) is 31.2 Å². The van der Waals surface area contributed by atoms with Gasteiger partial charge in [0.15, 0.2) is 0 Å². The minimum Gasteiger partial charge on any atom is -0.365 e. The Kier molecular flexibility index (Phi) is 4.71. The quantitative estimate of drug-likeness (QED) is 0.807. The average molecular weight is 325 g/mol. The second-order valence-electron chi connectivity index (χ2n) is 4.48. The maximum Gasteiger partial charge on any atom is 0.319 e. The number of para-hydroxylation sites is 1. The molecule has 0 aliphatic heterocycles. The van der Waals surface area contributed by atoms with Gasteiger partial charge in [0.1, 0.15) is 17.3 Å². The van der Waals surface area contributed by atoms with Crippen LogP contribution < -0.4 is 16.4 Å². The number of anilines is 1. The standard InChI is InChI=1S/C14H13F2N3O2S/c1-7(10-5-6-11(22-10)13(17)20)18-14(21)19-12-8(15)3-2-4-9(12)16/h2-7H,1H3,(H2,17,20)(H2,18,19,21). The monoisotopic (exact) mass is 325 g/mol. The fourth-order valence-electron chi connectivity index (χ4n) is 1.75. The minimum absolute atomic E-state index is 0.365. The fourth-order valence-corrected chi connectivity index (χ4v) is 2.62. The van der Waals surface area contributed by atoms with Crippen molar-refractivity contribution in [1.29, 1.82) is 0 Å². The molecule has 5 nitrogen and oxygen atoms in total. The van der Waals surface area contributed by atoms with Crippen LogP contribution in [0.1, 0.15) is 27.5 Å². The van der Waals surface area contributed by atoms with Crippen LogP contribution in [0.3, 0.4) is 0 Å². The van der Waals surface area contributed by atoms with E-state index in [2.05, 4.69) is 10.6 Å². The lowest BCUT2D eigenvalue weighted by Crippen LogP contribution is -2.31. The van der Waals surface area contributed by atoms with Gasteiger partial charge in [0.25, 0.3) is 5.91 Å². The smallest absolute Gasteiger partial charge is 0.319 e. The lowest BCUT2D eigenvalue weighted by molar-refractivity contribution is 0.100. The van der Waals surface area contributed by atoms with Crippen molar-refractivity contribution in [2.24, 2.45) is 5.73 Å². The maximum atomic E-state index is 13.4. The predicted molar refractivity (Wildman–Crippen MR) is 79.8 cm³/mol. The summed E-state index contributed by atoms with van der Waals surface area (Å²) in [6, 6.07) is 5.28. The molecule has 0 saturated heterocycles. The molecular weight excluding hydrogens is 312 g/mol. The molecule has 22 heavy (non-hydrogen) atoms. The number of urea groups is 1. The molecule has 0 bridgehead atoms. The van der Waals surface area contributed by atoms with Gasteiger partial charge in [-0.25, -0.2) is 13.6 Å². The van der Waals surface area contributed by atoms with Crippen molar-refractivity contribution in [3.05, 3.63) is 51.7 Å². The highest BCUT2D eigenvalue weighted by atomic mass is 32.1. The van der Waals surface area contributed by atoms with Crippen molar-refractivity contribution in [2.75, 3.05) is 5.32 Å². The van der Waals surface area contributed by atoms with Crippen molar-refractivity contribution < 1.29 is 18.4 Å². The third kappa shape index (κ3) is 3.59. The molecule has 2 rings (SSSR count). The Hall–Kier alpha value is -2.48. The van der Waals surface area contributed by atoms with Crippen molar-refractivity contribution in [3.8, 4) is 0 Å². The number of carbonyl (C=O) groups is 2. The molecule has 3 amide bonds. The molecule has 0 radical (unpaired) electrons. The summed E-state index contributed by atoms with van der Waals surface area (Å²) >= 11 is 1.14. The number of nitrogens with two attached hydrogens (primary N) is 1. The zero-order valence-electron chi connectivity index (χ0n) is 11.5. The second kappa shape index (κ2) is 6.52. The van der Waals surface area contributed by atoms with Gasteiger partial charge in [0, 0.05) is 4.88 Å². The van der Waals surface area contributed by atoms with Crippen molar-refractivity contribution in [1.82, 2.24) is 5.32 Å². The van der Waals surface area contributed by atoms with E-state index >= 15 is 0 Å². The first-order valence-electron chi connectivity index (χ1n) is 6.29. The van der Waals surface area contributed by atoms with Crippen LogP contribution in [0.5, 0.6) is 0 Å². The zero-order chi connectivity index (χ0) is 16.3. The van der Waals surface area contributed by atoms with Crippen LogP contribution in [0.2, 0.25) is 0 Å². The van der Waals surface area contributed by atoms with E-state index < -0.39 is 35.3 Å².